The molecule has 0 spiro atoms. The van der Waals surface area contributed by atoms with Crippen LogP contribution in [0.4, 0.5) is 0 Å². The van der Waals surface area contributed by atoms with Crippen LogP contribution in [0.15, 0.2) is 54.6 Å². The second kappa shape index (κ2) is 7.53. The largest absolute Gasteiger partial charge is 0.393 e. The van der Waals surface area contributed by atoms with E-state index >= 15 is 0 Å². The van der Waals surface area contributed by atoms with Crippen molar-refractivity contribution in [3.63, 3.8) is 0 Å². The summed E-state index contributed by atoms with van der Waals surface area (Å²) < 4.78 is 0. The number of aliphatic hydroxyl groups is 1. The molecule has 2 heterocycles. The molecule has 2 atom stereocenters. The number of piperidine rings is 1. The second-order valence-electron chi connectivity index (χ2n) is 7.47. The predicted molar refractivity (Wildman–Crippen MR) is 102 cm³/mol. The number of nitrogens with zero attached hydrogens (tertiary/aromatic N) is 1. The molecule has 2 amide bonds. The van der Waals surface area contributed by atoms with E-state index in [4.69, 9.17) is 0 Å². The molecule has 2 N–H and O–H groups in total. The van der Waals surface area contributed by atoms with Gasteiger partial charge in [-0.05, 0) is 55.5 Å². The van der Waals surface area contributed by atoms with Crippen LogP contribution >= 0.6 is 0 Å². The van der Waals surface area contributed by atoms with Crippen LogP contribution in [0.1, 0.15) is 52.0 Å². The lowest BCUT2D eigenvalue weighted by Gasteiger charge is -2.37. The quantitative estimate of drug-likeness (QED) is 0.876. The van der Waals surface area contributed by atoms with Gasteiger partial charge in [-0.15, -0.1) is 0 Å². The highest BCUT2D eigenvalue weighted by Gasteiger charge is 2.42. The topological polar surface area (TPSA) is 69.6 Å². The Morgan fingerprint density at radius 3 is 2.19 bits per heavy atom. The third-order valence-corrected chi connectivity index (χ3v) is 5.63. The lowest BCUT2D eigenvalue weighted by molar-refractivity contribution is 0.0287. The van der Waals surface area contributed by atoms with Crippen LogP contribution in [-0.2, 0) is 6.54 Å². The molecular formula is C22H24N2O3. The summed E-state index contributed by atoms with van der Waals surface area (Å²) in [5.74, 6) is -0.0616. The number of nitrogens with one attached hydrogen (secondary N) is 1. The van der Waals surface area contributed by atoms with Gasteiger partial charge in [0.2, 0.25) is 0 Å². The van der Waals surface area contributed by atoms with Gasteiger partial charge in [-0.2, -0.15) is 0 Å². The molecule has 5 nitrogen and oxygen atoms in total. The normalized spacial score (nSPS) is 23.9. The number of amides is 2. The van der Waals surface area contributed by atoms with Crippen molar-refractivity contribution in [2.45, 2.75) is 50.4 Å². The average Bonchev–Trinajstić information content (AvgIpc) is 2.97. The first-order valence-electron chi connectivity index (χ1n) is 9.55. The highest BCUT2D eigenvalue weighted by molar-refractivity contribution is 5.95. The molecule has 0 aromatic heterocycles. The number of rotatable bonds is 4. The van der Waals surface area contributed by atoms with E-state index in [1.807, 2.05) is 47.4 Å². The van der Waals surface area contributed by atoms with E-state index < -0.39 is 0 Å². The van der Waals surface area contributed by atoms with Gasteiger partial charge < -0.3 is 15.3 Å². The minimum atomic E-state index is -0.276. The standard InChI is InChI=1S/C22H24N2O3/c25-20-12-18-10-11-19(13-20)24(18)22(27)17-8-6-15(7-9-17)14-23-21(26)16-4-2-1-3-5-16/h1-9,18-20,25H,10-14H2,(H,23,26). The summed E-state index contributed by atoms with van der Waals surface area (Å²) in [6, 6.07) is 16.9. The van der Waals surface area contributed by atoms with Crippen LogP contribution in [0.2, 0.25) is 0 Å². The first kappa shape index (κ1) is 17.7. The molecule has 27 heavy (non-hydrogen) atoms. The van der Waals surface area contributed by atoms with Gasteiger partial charge in [0.15, 0.2) is 0 Å². The summed E-state index contributed by atoms with van der Waals surface area (Å²) >= 11 is 0. The number of hydrogen-bond donors (Lipinski definition) is 2. The van der Waals surface area contributed by atoms with Gasteiger partial charge in [0.1, 0.15) is 0 Å². The Labute approximate surface area is 159 Å². The summed E-state index contributed by atoms with van der Waals surface area (Å²) in [6.45, 7) is 0.420. The molecule has 2 aromatic carbocycles. The predicted octanol–water partition coefficient (Wildman–Crippen LogP) is 2.74. The highest BCUT2D eigenvalue weighted by atomic mass is 16.3. The van der Waals surface area contributed by atoms with E-state index in [0.29, 0.717) is 30.5 Å². The summed E-state index contributed by atoms with van der Waals surface area (Å²) in [6.07, 6.45) is 3.06. The number of benzene rings is 2. The number of carbonyl (C=O) groups is 2. The molecule has 5 heteroatoms. The van der Waals surface area contributed by atoms with Crippen molar-refractivity contribution in [3.05, 3.63) is 71.3 Å². The summed E-state index contributed by atoms with van der Waals surface area (Å²) in [4.78, 5) is 27.0. The maximum absolute atomic E-state index is 12.9. The lowest BCUT2D eigenvalue weighted by Crippen LogP contribution is -2.48. The van der Waals surface area contributed by atoms with Gasteiger partial charge in [0.05, 0.1) is 6.10 Å². The molecule has 2 aliphatic heterocycles. The fourth-order valence-corrected chi connectivity index (χ4v) is 4.27. The van der Waals surface area contributed by atoms with Gasteiger partial charge in [0.25, 0.3) is 11.8 Å². The third kappa shape index (κ3) is 3.74. The van der Waals surface area contributed by atoms with Crippen molar-refractivity contribution in [1.82, 2.24) is 10.2 Å². The maximum Gasteiger partial charge on any atom is 0.254 e. The molecule has 0 saturated carbocycles. The van der Waals surface area contributed by atoms with Crippen LogP contribution in [0.3, 0.4) is 0 Å². The Hall–Kier alpha value is -2.66. The highest BCUT2D eigenvalue weighted by Crippen LogP contribution is 2.36. The Morgan fingerprint density at radius 1 is 0.926 bits per heavy atom. The Kier molecular flexibility index (Phi) is 4.94. The summed E-state index contributed by atoms with van der Waals surface area (Å²) in [5, 5.41) is 12.8. The van der Waals surface area contributed by atoms with Crippen LogP contribution in [-0.4, -0.2) is 40.0 Å². The molecule has 2 bridgehead atoms. The van der Waals surface area contributed by atoms with Crippen LogP contribution < -0.4 is 5.32 Å². The van der Waals surface area contributed by atoms with E-state index in [-0.39, 0.29) is 30.0 Å². The van der Waals surface area contributed by atoms with E-state index in [0.717, 1.165) is 18.4 Å². The molecule has 2 unspecified atom stereocenters. The number of hydrogen-bond acceptors (Lipinski definition) is 3. The smallest absolute Gasteiger partial charge is 0.254 e. The van der Waals surface area contributed by atoms with Gasteiger partial charge >= 0.3 is 0 Å². The molecule has 4 rings (SSSR count). The molecule has 0 aliphatic carbocycles. The van der Waals surface area contributed by atoms with Crippen molar-refractivity contribution in [2.75, 3.05) is 0 Å². The Morgan fingerprint density at radius 2 is 1.56 bits per heavy atom. The molecule has 140 valence electrons. The van der Waals surface area contributed by atoms with Crippen molar-refractivity contribution in [2.24, 2.45) is 0 Å². The third-order valence-electron chi connectivity index (χ3n) is 5.63. The Balaban J connectivity index is 1.38. The van der Waals surface area contributed by atoms with Gasteiger partial charge in [-0.25, -0.2) is 0 Å². The van der Waals surface area contributed by atoms with Crippen LogP contribution in [0.25, 0.3) is 0 Å². The van der Waals surface area contributed by atoms with Gasteiger partial charge in [-0.1, -0.05) is 30.3 Å². The minimum absolute atomic E-state index is 0.0503. The monoisotopic (exact) mass is 364 g/mol. The molecular weight excluding hydrogens is 340 g/mol. The first-order valence-corrected chi connectivity index (χ1v) is 9.55. The average molecular weight is 364 g/mol. The maximum atomic E-state index is 12.9. The molecule has 2 aromatic rings. The minimum Gasteiger partial charge on any atom is -0.393 e. The van der Waals surface area contributed by atoms with E-state index in [9.17, 15) is 14.7 Å². The number of fused-ring (bicyclic) bond motifs is 2. The zero-order chi connectivity index (χ0) is 18.8. The second-order valence-corrected chi connectivity index (χ2v) is 7.47. The molecule has 2 aliphatic rings. The lowest BCUT2D eigenvalue weighted by atomic mass is 9.98. The van der Waals surface area contributed by atoms with Crippen molar-refractivity contribution in [3.8, 4) is 0 Å². The van der Waals surface area contributed by atoms with Crippen molar-refractivity contribution < 1.29 is 14.7 Å². The first-order chi connectivity index (χ1) is 13.1. The van der Waals surface area contributed by atoms with Crippen LogP contribution in [0.5, 0.6) is 0 Å². The SMILES string of the molecule is O=C(NCc1ccc(C(=O)N2C3CCC2CC(O)C3)cc1)c1ccccc1. The van der Waals surface area contributed by atoms with Crippen molar-refractivity contribution in [1.29, 1.82) is 0 Å². The molecule has 0 radical (unpaired) electrons. The van der Waals surface area contributed by atoms with E-state index in [1.54, 1.807) is 12.1 Å². The summed E-state index contributed by atoms with van der Waals surface area (Å²) in [5.41, 5.74) is 2.25. The molecule has 2 saturated heterocycles. The Bertz CT molecular complexity index is 805. The zero-order valence-electron chi connectivity index (χ0n) is 15.2. The number of aliphatic hydroxyl groups excluding tert-OH is 1. The molecule has 2 fully saturated rings. The fourth-order valence-electron chi connectivity index (χ4n) is 4.27. The van der Waals surface area contributed by atoms with Gasteiger partial charge in [0, 0.05) is 29.8 Å². The number of carbonyl (C=O) groups excluding carboxylic acids is 2. The van der Waals surface area contributed by atoms with Crippen LogP contribution in [0, 0.1) is 0 Å². The van der Waals surface area contributed by atoms with Gasteiger partial charge in [-0.3, -0.25) is 9.59 Å². The van der Waals surface area contributed by atoms with Crippen molar-refractivity contribution >= 4 is 11.8 Å². The van der Waals surface area contributed by atoms with E-state index in [1.165, 1.54) is 0 Å². The summed E-state index contributed by atoms with van der Waals surface area (Å²) in [7, 11) is 0. The van der Waals surface area contributed by atoms with E-state index in [2.05, 4.69) is 5.32 Å². The zero-order valence-corrected chi connectivity index (χ0v) is 15.2. The fraction of sp³-hybridized carbons (Fsp3) is 0.364.